The van der Waals surface area contributed by atoms with Crippen LogP contribution in [0, 0.1) is 0 Å². The molecule has 0 saturated heterocycles. The fourth-order valence-electron chi connectivity index (χ4n) is 1.72. The Bertz CT molecular complexity index is 607. The van der Waals surface area contributed by atoms with Crippen LogP contribution in [0.4, 0.5) is 0 Å². The number of carbonyl (C=O) groups excluding carboxylic acids is 3. The van der Waals surface area contributed by atoms with Crippen LogP contribution in [0.25, 0.3) is 0 Å². The van der Waals surface area contributed by atoms with Crippen LogP contribution in [-0.4, -0.2) is 75.6 Å². The smallest absolute Gasteiger partial charge is 0.325 e. The van der Waals surface area contributed by atoms with E-state index in [0.717, 1.165) is 0 Å². The quantitative estimate of drug-likeness (QED) is 0.177. The van der Waals surface area contributed by atoms with E-state index >= 15 is 0 Å². The number of carboxylic acid groups (broad SMARTS) is 3. The lowest BCUT2D eigenvalue weighted by Gasteiger charge is -2.19. The molecule has 0 aliphatic rings. The molecule has 0 radical (unpaired) electrons. The van der Waals surface area contributed by atoms with Crippen LogP contribution in [0.3, 0.4) is 0 Å². The van der Waals surface area contributed by atoms with E-state index in [1.807, 2.05) is 0 Å². The topological polar surface area (TPSA) is 225 Å². The highest BCUT2D eigenvalue weighted by molar-refractivity contribution is 5.94. The fourth-order valence-corrected chi connectivity index (χ4v) is 1.72. The lowest BCUT2D eigenvalue weighted by Crippen LogP contribution is -2.54. The molecule has 0 fully saturated rings. The summed E-state index contributed by atoms with van der Waals surface area (Å²) in [4.78, 5) is 67.3. The van der Waals surface area contributed by atoms with Crippen LogP contribution >= 0.6 is 0 Å². The summed E-state index contributed by atoms with van der Waals surface area (Å²) in [5.74, 6) is -6.66. The monoisotopic (exact) mass is 390 g/mol. The van der Waals surface area contributed by atoms with Gasteiger partial charge in [0.2, 0.25) is 17.7 Å². The molecule has 3 unspecified atom stereocenters. The summed E-state index contributed by atoms with van der Waals surface area (Å²) in [6.07, 6.45) is -1.43. The first-order valence-electron chi connectivity index (χ1n) is 7.73. The number of carbonyl (C=O) groups is 6. The second kappa shape index (κ2) is 11.4. The van der Waals surface area contributed by atoms with Gasteiger partial charge in [0.05, 0.1) is 19.0 Å². The molecular formula is C14H22N4O9. The zero-order chi connectivity index (χ0) is 21.1. The summed E-state index contributed by atoms with van der Waals surface area (Å²) < 4.78 is 0. The molecule has 3 amide bonds. The largest absolute Gasteiger partial charge is 0.481 e. The number of rotatable bonds is 12. The van der Waals surface area contributed by atoms with E-state index in [-0.39, 0.29) is 6.42 Å². The van der Waals surface area contributed by atoms with Gasteiger partial charge in [0, 0.05) is 6.42 Å². The van der Waals surface area contributed by atoms with E-state index < -0.39 is 73.1 Å². The molecule has 13 nitrogen and oxygen atoms in total. The van der Waals surface area contributed by atoms with Crippen molar-refractivity contribution in [1.29, 1.82) is 0 Å². The second-order valence-corrected chi connectivity index (χ2v) is 5.54. The number of nitrogens with one attached hydrogen (secondary N) is 3. The minimum Gasteiger partial charge on any atom is -0.481 e. The zero-order valence-corrected chi connectivity index (χ0v) is 14.4. The Labute approximate surface area is 153 Å². The van der Waals surface area contributed by atoms with Crippen molar-refractivity contribution in [1.82, 2.24) is 16.0 Å². The van der Waals surface area contributed by atoms with Gasteiger partial charge in [-0.1, -0.05) is 0 Å². The summed E-state index contributed by atoms with van der Waals surface area (Å²) in [5.41, 5.74) is 5.48. The molecular weight excluding hydrogens is 368 g/mol. The van der Waals surface area contributed by atoms with Gasteiger partial charge in [-0.2, -0.15) is 0 Å². The van der Waals surface area contributed by atoms with Crippen molar-refractivity contribution in [2.75, 3.05) is 6.54 Å². The molecule has 3 atom stereocenters. The highest BCUT2D eigenvalue weighted by Crippen LogP contribution is 1.99. The maximum Gasteiger partial charge on any atom is 0.325 e. The lowest BCUT2D eigenvalue weighted by atomic mass is 10.1. The predicted molar refractivity (Wildman–Crippen MR) is 87.3 cm³/mol. The van der Waals surface area contributed by atoms with Crippen molar-refractivity contribution in [2.45, 2.75) is 44.3 Å². The molecule has 0 aromatic heterocycles. The predicted octanol–water partition coefficient (Wildman–Crippen LogP) is -3.16. The van der Waals surface area contributed by atoms with E-state index in [9.17, 15) is 28.8 Å². The van der Waals surface area contributed by atoms with Gasteiger partial charge in [-0.25, -0.2) is 0 Å². The summed E-state index contributed by atoms with van der Waals surface area (Å²) in [6.45, 7) is 0.557. The Kier molecular flexibility index (Phi) is 10.0. The third-order valence-electron chi connectivity index (χ3n) is 3.19. The average Bonchev–Trinajstić information content (AvgIpc) is 2.55. The molecule has 0 aromatic rings. The highest BCUT2D eigenvalue weighted by atomic mass is 16.4. The third kappa shape index (κ3) is 10.4. The lowest BCUT2D eigenvalue weighted by molar-refractivity contribution is -0.142. The van der Waals surface area contributed by atoms with Crippen LogP contribution in [0.1, 0.15) is 26.2 Å². The summed E-state index contributed by atoms with van der Waals surface area (Å²) in [6, 6.07) is -4.03. The van der Waals surface area contributed by atoms with E-state index in [0.29, 0.717) is 0 Å². The molecule has 0 aromatic carbocycles. The van der Waals surface area contributed by atoms with Gasteiger partial charge < -0.3 is 37.0 Å². The second-order valence-electron chi connectivity index (χ2n) is 5.54. The maximum absolute atomic E-state index is 12.0. The normalized spacial score (nSPS) is 13.6. The van der Waals surface area contributed by atoms with Crippen LogP contribution in [0.2, 0.25) is 0 Å². The fraction of sp³-hybridized carbons (Fsp3) is 0.571. The Hall–Kier alpha value is -3.22. The Morgan fingerprint density at radius 1 is 0.926 bits per heavy atom. The Balaban J connectivity index is 4.73. The first kappa shape index (κ1) is 23.8. The van der Waals surface area contributed by atoms with E-state index in [1.165, 1.54) is 6.92 Å². The number of hydrogen-bond donors (Lipinski definition) is 7. The zero-order valence-electron chi connectivity index (χ0n) is 14.4. The molecule has 0 heterocycles. The highest BCUT2D eigenvalue weighted by Gasteiger charge is 2.26. The molecule has 152 valence electrons. The first-order chi connectivity index (χ1) is 12.4. The van der Waals surface area contributed by atoms with Crippen molar-refractivity contribution in [3.63, 3.8) is 0 Å². The molecule has 13 heteroatoms. The van der Waals surface area contributed by atoms with Gasteiger partial charge in [-0.15, -0.1) is 0 Å². The molecule has 0 rings (SSSR count). The minimum absolute atomic E-state index is 0.224. The van der Waals surface area contributed by atoms with Crippen LogP contribution in [0.15, 0.2) is 0 Å². The Morgan fingerprint density at radius 2 is 1.52 bits per heavy atom. The molecule has 0 saturated carbocycles. The third-order valence-corrected chi connectivity index (χ3v) is 3.19. The maximum atomic E-state index is 12.0. The van der Waals surface area contributed by atoms with Crippen molar-refractivity contribution >= 4 is 35.6 Å². The summed E-state index contributed by atoms with van der Waals surface area (Å²) in [5, 5.41) is 32.3. The SMILES string of the molecule is CC(NC(=O)CNC(=O)C(CC(=O)O)NC(=O)C(N)CCC(=O)O)C(=O)O. The van der Waals surface area contributed by atoms with Crippen molar-refractivity contribution in [3.8, 4) is 0 Å². The summed E-state index contributed by atoms with van der Waals surface area (Å²) >= 11 is 0. The van der Waals surface area contributed by atoms with Gasteiger partial charge in [0.15, 0.2) is 0 Å². The molecule has 8 N–H and O–H groups in total. The number of nitrogens with two attached hydrogens (primary N) is 1. The minimum atomic E-state index is -1.56. The van der Waals surface area contributed by atoms with E-state index in [4.69, 9.17) is 21.1 Å². The number of amides is 3. The van der Waals surface area contributed by atoms with E-state index in [2.05, 4.69) is 16.0 Å². The van der Waals surface area contributed by atoms with Gasteiger partial charge in [-0.05, 0) is 13.3 Å². The summed E-state index contributed by atoms with van der Waals surface area (Å²) in [7, 11) is 0. The number of hydrogen-bond acceptors (Lipinski definition) is 7. The van der Waals surface area contributed by atoms with Crippen molar-refractivity contribution < 1.29 is 44.1 Å². The van der Waals surface area contributed by atoms with Crippen molar-refractivity contribution in [2.24, 2.45) is 5.73 Å². The van der Waals surface area contributed by atoms with Crippen LogP contribution in [-0.2, 0) is 28.8 Å². The standard InChI is InChI=1S/C14H22N4O9/c1-6(14(26)27)17-9(19)5-16-13(25)8(4-11(22)23)18-12(24)7(15)2-3-10(20)21/h6-8H,2-5,15H2,1H3,(H,16,25)(H,17,19)(H,18,24)(H,20,21)(H,22,23)(H,26,27). The number of carboxylic acids is 3. The average molecular weight is 390 g/mol. The van der Waals surface area contributed by atoms with Gasteiger partial charge in [0.1, 0.15) is 12.1 Å². The molecule has 27 heavy (non-hydrogen) atoms. The first-order valence-corrected chi connectivity index (χ1v) is 7.73. The van der Waals surface area contributed by atoms with Gasteiger partial charge >= 0.3 is 17.9 Å². The molecule has 0 spiro atoms. The molecule has 0 aliphatic carbocycles. The van der Waals surface area contributed by atoms with E-state index in [1.54, 1.807) is 0 Å². The van der Waals surface area contributed by atoms with Crippen LogP contribution in [0.5, 0.6) is 0 Å². The molecule has 0 bridgehead atoms. The van der Waals surface area contributed by atoms with Crippen molar-refractivity contribution in [3.05, 3.63) is 0 Å². The van der Waals surface area contributed by atoms with Crippen LogP contribution < -0.4 is 21.7 Å². The Morgan fingerprint density at radius 3 is 2.00 bits per heavy atom. The van der Waals surface area contributed by atoms with Gasteiger partial charge in [0.25, 0.3) is 0 Å². The number of aliphatic carboxylic acids is 3. The molecule has 0 aliphatic heterocycles. The van der Waals surface area contributed by atoms with Gasteiger partial charge in [-0.3, -0.25) is 28.8 Å².